The van der Waals surface area contributed by atoms with Crippen molar-refractivity contribution in [1.29, 1.82) is 0 Å². The second-order valence-electron chi connectivity index (χ2n) is 6.09. The molecule has 3 amide bonds. The van der Waals surface area contributed by atoms with Crippen LogP contribution in [0.1, 0.15) is 10.4 Å². The lowest BCUT2D eigenvalue weighted by atomic mass is 10.2. The van der Waals surface area contributed by atoms with Gasteiger partial charge in [-0.05, 0) is 36.4 Å². The van der Waals surface area contributed by atoms with Crippen LogP contribution in [-0.2, 0) is 14.3 Å². The standard InChI is InChI=1S/C20H23N3O5/c1-23(2)19(25)13-28-17-7-5-4-6-16(17)20(26)22-15-10-8-14(9-11-15)21-18(24)12-27-3/h4-11H,12-13H2,1-3H3,(H,21,24)(H,22,26). The molecule has 0 spiro atoms. The maximum atomic E-state index is 12.6. The Kier molecular flexibility index (Phi) is 7.53. The zero-order valence-electron chi connectivity index (χ0n) is 16.0. The highest BCUT2D eigenvalue weighted by Crippen LogP contribution is 2.21. The SMILES string of the molecule is COCC(=O)Nc1ccc(NC(=O)c2ccccc2OCC(=O)N(C)C)cc1. The van der Waals surface area contributed by atoms with Gasteiger partial charge in [0.15, 0.2) is 6.61 Å². The highest BCUT2D eigenvalue weighted by Gasteiger charge is 2.14. The van der Waals surface area contributed by atoms with Crippen LogP contribution in [0.2, 0.25) is 0 Å². The van der Waals surface area contributed by atoms with Gasteiger partial charge in [0.05, 0.1) is 5.56 Å². The molecule has 0 aliphatic rings. The largest absolute Gasteiger partial charge is 0.483 e. The van der Waals surface area contributed by atoms with E-state index in [-0.39, 0.29) is 30.9 Å². The number of rotatable bonds is 8. The van der Waals surface area contributed by atoms with Crippen molar-refractivity contribution in [2.75, 3.05) is 45.1 Å². The maximum Gasteiger partial charge on any atom is 0.259 e. The van der Waals surface area contributed by atoms with E-state index in [9.17, 15) is 14.4 Å². The molecule has 0 bridgehead atoms. The van der Waals surface area contributed by atoms with Gasteiger partial charge in [-0.1, -0.05) is 12.1 Å². The Morgan fingerprint density at radius 2 is 1.50 bits per heavy atom. The molecule has 8 heteroatoms. The van der Waals surface area contributed by atoms with E-state index < -0.39 is 0 Å². The number of para-hydroxylation sites is 1. The number of carbonyl (C=O) groups is 3. The number of methoxy groups -OCH3 is 1. The van der Waals surface area contributed by atoms with Gasteiger partial charge in [0.1, 0.15) is 12.4 Å². The molecule has 0 saturated heterocycles. The van der Waals surface area contributed by atoms with E-state index in [4.69, 9.17) is 9.47 Å². The fourth-order valence-corrected chi connectivity index (χ4v) is 2.21. The van der Waals surface area contributed by atoms with Gasteiger partial charge in [-0.2, -0.15) is 0 Å². The monoisotopic (exact) mass is 385 g/mol. The number of ether oxygens (including phenoxy) is 2. The first kappa shape index (κ1) is 20.9. The van der Waals surface area contributed by atoms with Crippen LogP contribution in [-0.4, -0.2) is 57.0 Å². The molecule has 0 radical (unpaired) electrons. The van der Waals surface area contributed by atoms with Crippen LogP contribution in [0.5, 0.6) is 5.75 Å². The first-order valence-electron chi connectivity index (χ1n) is 8.53. The molecular weight excluding hydrogens is 362 g/mol. The molecule has 0 atom stereocenters. The van der Waals surface area contributed by atoms with Crippen molar-refractivity contribution in [3.8, 4) is 5.75 Å². The Morgan fingerprint density at radius 3 is 2.11 bits per heavy atom. The molecule has 0 fully saturated rings. The Labute approximate surface area is 163 Å². The number of benzene rings is 2. The summed E-state index contributed by atoms with van der Waals surface area (Å²) in [5, 5.41) is 5.43. The van der Waals surface area contributed by atoms with Crippen LogP contribution in [0.25, 0.3) is 0 Å². The van der Waals surface area contributed by atoms with E-state index in [0.29, 0.717) is 22.7 Å². The second kappa shape index (κ2) is 10.1. The molecule has 0 saturated carbocycles. The lowest BCUT2D eigenvalue weighted by Crippen LogP contribution is -2.28. The minimum absolute atomic E-state index is 0.0361. The van der Waals surface area contributed by atoms with Gasteiger partial charge in [-0.3, -0.25) is 14.4 Å². The first-order chi connectivity index (χ1) is 13.4. The smallest absolute Gasteiger partial charge is 0.259 e. The van der Waals surface area contributed by atoms with Gasteiger partial charge in [0.25, 0.3) is 11.8 Å². The van der Waals surface area contributed by atoms with E-state index in [1.807, 2.05) is 0 Å². The molecule has 0 aliphatic heterocycles. The topological polar surface area (TPSA) is 97.0 Å². The average Bonchev–Trinajstić information content (AvgIpc) is 2.67. The molecule has 2 aromatic rings. The summed E-state index contributed by atoms with van der Waals surface area (Å²) >= 11 is 0. The highest BCUT2D eigenvalue weighted by molar-refractivity contribution is 6.06. The Morgan fingerprint density at radius 1 is 0.893 bits per heavy atom. The Balaban J connectivity index is 2.03. The summed E-state index contributed by atoms with van der Waals surface area (Å²) in [6.07, 6.45) is 0. The number of carbonyl (C=O) groups excluding carboxylic acids is 3. The lowest BCUT2D eigenvalue weighted by molar-refractivity contribution is -0.130. The maximum absolute atomic E-state index is 12.6. The van der Waals surface area contributed by atoms with Crippen molar-refractivity contribution in [1.82, 2.24) is 4.90 Å². The minimum atomic E-state index is -0.371. The van der Waals surface area contributed by atoms with Crippen molar-refractivity contribution in [2.24, 2.45) is 0 Å². The number of nitrogens with one attached hydrogen (secondary N) is 2. The fourth-order valence-electron chi connectivity index (χ4n) is 2.21. The third-order valence-electron chi connectivity index (χ3n) is 3.68. The number of likely N-dealkylation sites (N-methyl/N-ethyl adjacent to an activating group) is 1. The summed E-state index contributed by atoms with van der Waals surface area (Å²) in [4.78, 5) is 37.2. The van der Waals surface area contributed by atoms with Gasteiger partial charge in [-0.25, -0.2) is 0 Å². The van der Waals surface area contributed by atoms with Crippen LogP contribution in [0.4, 0.5) is 11.4 Å². The predicted molar refractivity (Wildman–Crippen MR) is 106 cm³/mol. The minimum Gasteiger partial charge on any atom is -0.483 e. The quantitative estimate of drug-likeness (QED) is 0.724. The summed E-state index contributed by atoms with van der Waals surface area (Å²) < 4.78 is 10.2. The van der Waals surface area contributed by atoms with E-state index >= 15 is 0 Å². The zero-order chi connectivity index (χ0) is 20.5. The van der Waals surface area contributed by atoms with Crippen LogP contribution < -0.4 is 15.4 Å². The van der Waals surface area contributed by atoms with Crippen LogP contribution in [0.15, 0.2) is 48.5 Å². The van der Waals surface area contributed by atoms with Crippen LogP contribution in [0, 0.1) is 0 Å². The lowest BCUT2D eigenvalue weighted by Gasteiger charge is -2.14. The fraction of sp³-hybridized carbons (Fsp3) is 0.250. The molecule has 8 nitrogen and oxygen atoms in total. The van der Waals surface area contributed by atoms with E-state index in [1.54, 1.807) is 62.6 Å². The molecule has 0 unspecified atom stereocenters. The summed E-state index contributed by atoms with van der Waals surface area (Å²) in [6, 6.07) is 13.4. The molecule has 2 N–H and O–H groups in total. The van der Waals surface area contributed by atoms with Crippen LogP contribution >= 0.6 is 0 Å². The molecule has 0 aliphatic carbocycles. The zero-order valence-corrected chi connectivity index (χ0v) is 16.0. The first-order valence-corrected chi connectivity index (χ1v) is 8.53. The molecular formula is C20H23N3O5. The summed E-state index contributed by atoms with van der Waals surface area (Å²) in [7, 11) is 4.70. The summed E-state index contributed by atoms with van der Waals surface area (Å²) in [5.41, 5.74) is 1.45. The predicted octanol–water partition coefficient (Wildman–Crippen LogP) is 1.99. The van der Waals surface area contributed by atoms with E-state index in [2.05, 4.69) is 10.6 Å². The van der Waals surface area contributed by atoms with Crippen LogP contribution in [0.3, 0.4) is 0 Å². The molecule has 2 aromatic carbocycles. The number of amides is 3. The summed E-state index contributed by atoms with van der Waals surface area (Å²) in [5.74, 6) is -0.526. The molecule has 2 rings (SSSR count). The van der Waals surface area contributed by atoms with E-state index in [1.165, 1.54) is 12.0 Å². The molecule has 28 heavy (non-hydrogen) atoms. The van der Waals surface area contributed by atoms with Crippen molar-refractivity contribution >= 4 is 29.1 Å². The van der Waals surface area contributed by atoms with Crippen molar-refractivity contribution < 1.29 is 23.9 Å². The second-order valence-corrected chi connectivity index (χ2v) is 6.09. The molecule has 148 valence electrons. The Hall–Kier alpha value is -3.39. The number of anilines is 2. The number of hydrogen-bond acceptors (Lipinski definition) is 5. The van der Waals surface area contributed by atoms with Gasteiger partial charge in [-0.15, -0.1) is 0 Å². The average molecular weight is 385 g/mol. The van der Waals surface area contributed by atoms with Crippen molar-refractivity contribution in [2.45, 2.75) is 0 Å². The van der Waals surface area contributed by atoms with Gasteiger partial charge in [0.2, 0.25) is 5.91 Å². The van der Waals surface area contributed by atoms with Crippen molar-refractivity contribution in [3.63, 3.8) is 0 Å². The highest BCUT2D eigenvalue weighted by atomic mass is 16.5. The van der Waals surface area contributed by atoms with E-state index in [0.717, 1.165) is 0 Å². The third kappa shape index (κ3) is 6.10. The third-order valence-corrected chi connectivity index (χ3v) is 3.68. The number of nitrogens with zero attached hydrogens (tertiary/aromatic N) is 1. The Bertz CT molecular complexity index is 834. The van der Waals surface area contributed by atoms with Gasteiger partial charge >= 0.3 is 0 Å². The molecule has 0 aromatic heterocycles. The number of hydrogen-bond donors (Lipinski definition) is 2. The van der Waals surface area contributed by atoms with Gasteiger partial charge < -0.3 is 25.0 Å². The van der Waals surface area contributed by atoms with Crippen molar-refractivity contribution in [3.05, 3.63) is 54.1 Å². The molecule has 0 heterocycles. The normalized spacial score (nSPS) is 10.1. The summed E-state index contributed by atoms with van der Waals surface area (Å²) in [6.45, 7) is -0.196. The van der Waals surface area contributed by atoms with Gasteiger partial charge in [0, 0.05) is 32.6 Å².